The van der Waals surface area contributed by atoms with Crippen molar-refractivity contribution in [1.82, 2.24) is 29.4 Å². The number of hydrogen-bond donors (Lipinski definition) is 0. The molecule has 0 amide bonds. The maximum absolute atomic E-state index is 13.3. The fraction of sp³-hybridized carbons (Fsp3) is 0.796. The lowest BCUT2D eigenvalue weighted by molar-refractivity contribution is 0.122. The zero-order valence-electron chi connectivity index (χ0n) is 44.3. The van der Waals surface area contributed by atoms with Gasteiger partial charge in [-0.2, -0.15) is 0 Å². The van der Waals surface area contributed by atoms with Crippen LogP contribution in [-0.2, 0) is 4.74 Å². The topological polar surface area (TPSA) is 28.7 Å². The van der Waals surface area contributed by atoms with E-state index in [1.807, 2.05) is 65.6 Å². The van der Waals surface area contributed by atoms with E-state index in [1.54, 1.807) is 11.8 Å². The number of nitrogens with zero attached hydrogens (tertiary/aromatic N) is 6. The van der Waals surface area contributed by atoms with Crippen LogP contribution in [0.2, 0.25) is 0 Å². The molecule has 0 aliphatic rings. The summed E-state index contributed by atoms with van der Waals surface area (Å²) in [6, 6.07) is 3.07. The molecule has 0 saturated heterocycles. The van der Waals surface area contributed by atoms with Crippen molar-refractivity contribution < 1.29 is 9.13 Å². The molecule has 0 fully saturated rings. The normalized spacial score (nSPS) is 10.8. The van der Waals surface area contributed by atoms with Crippen LogP contribution in [0.25, 0.3) is 0 Å². The number of thioether (sulfide) groups is 1. The van der Waals surface area contributed by atoms with Crippen LogP contribution in [0.1, 0.15) is 151 Å². The minimum Gasteiger partial charge on any atom is -0.480 e. The molecule has 0 N–H and O–H groups in total. The van der Waals surface area contributed by atoms with E-state index in [-0.39, 0.29) is 4.87 Å². The van der Waals surface area contributed by atoms with E-state index in [0.29, 0.717) is 48.6 Å². The van der Waals surface area contributed by atoms with E-state index >= 15 is 0 Å². The number of rotatable bonds is 20. The second-order valence-electron chi connectivity index (χ2n) is 17.5. The van der Waals surface area contributed by atoms with Gasteiger partial charge in [0.25, 0.3) is 0 Å². The lowest BCUT2D eigenvalue weighted by Crippen LogP contribution is -2.34. The Morgan fingerprint density at radius 3 is 1.10 bits per heavy atom. The number of hydrogen-bond acceptors (Lipinski definition) is 8. The molecule has 59 heavy (non-hydrogen) atoms. The van der Waals surface area contributed by atoms with Crippen LogP contribution in [0.5, 0.6) is 0 Å². The van der Waals surface area contributed by atoms with Gasteiger partial charge in [0.2, 0.25) is 0 Å². The largest absolute Gasteiger partial charge is 0.480 e. The first-order valence-corrected chi connectivity index (χ1v) is 23.3. The minimum absolute atomic E-state index is 0.303. The third-order valence-corrected chi connectivity index (χ3v) is 11.0. The molecule has 0 aromatic carbocycles. The summed E-state index contributed by atoms with van der Waals surface area (Å²) in [5.41, 5.74) is 1.41. The Labute approximate surface area is 380 Å². The average Bonchev–Trinajstić information content (AvgIpc) is 3.12. The highest BCUT2D eigenvalue weighted by atomic mass is 35.5. The van der Waals surface area contributed by atoms with Crippen molar-refractivity contribution in [1.29, 1.82) is 0 Å². The molecule has 0 saturated carbocycles. The van der Waals surface area contributed by atoms with Gasteiger partial charge < -0.3 is 34.1 Å². The molecule has 0 spiro atoms. The molecular formula is C49H104ClFN6OS. The van der Waals surface area contributed by atoms with Gasteiger partial charge in [-0.1, -0.05) is 47.1 Å². The van der Waals surface area contributed by atoms with Crippen molar-refractivity contribution in [2.45, 2.75) is 198 Å². The zero-order chi connectivity index (χ0) is 48.8. The summed E-state index contributed by atoms with van der Waals surface area (Å²) in [5.74, 6) is 1.85. The highest BCUT2D eigenvalue weighted by Gasteiger charge is 2.24. The first-order valence-electron chi connectivity index (χ1n) is 21.9. The molecule has 0 unspecified atom stereocenters. The van der Waals surface area contributed by atoms with Crippen LogP contribution >= 0.6 is 23.4 Å². The van der Waals surface area contributed by atoms with E-state index < -0.39 is 5.67 Å². The SMILES string of the molecule is C=C(CC)N(C)C(C)C.C=C(N(C)C(C)C)C(C)(C)Cl.C=C(N(C)C(C)C)C(C)(C)F.C=C(OCC)N(C)C(C)C.C=C(SCC)N(C)C(C)C.CCCN(C)C(C)C. The molecule has 0 heterocycles. The van der Waals surface area contributed by atoms with E-state index in [4.69, 9.17) is 16.3 Å². The number of alkyl halides is 2. The molecule has 356 valence electrons. The smallest absolute Gasteiger partial charge is 0.181 e. The predicted octanol–water partition coefficient (Wildman–Crippen LogP) is 13.8. The highest BCUT2D eigenvalue weighted by molar-refractivity contribution is 8.02. The van der Waals surface area contributed by atoms with Gasteiger partial charge in [0, 0.05) is 88.6 Å². The molecule has 0 bridgehead atoms. The van der Waals surface area contributed by atoms with Crippen molar-refractivity contribution in [3.8, 4) is 0 Å². The van der Waals surface area contributed by atoms with Gasteiger partial charge >= 0.3 is 0 Å². The monoisotopic (exact) mass is 879 g/mol. The fourth-order valence-electron chi connectivity index (χ4n) is 3.80. The average molecular weight is 880 g/mol. The van der Waals surface area contributed by atoms with Crippen molar-refractivity contribution in [2.75, 3.05) is 61.2 Å². The van der Waals surface area contributed by atoms with Crippen molar-refractivity contribution >= 4 is 23.4 Å². The molecule has 7 nitrogen and oxygen atoms in total. The van der Waals surface area contributed by atoms with Crippen molar-refractivity contribution in [3.05, 3.63) is 60.9 Å². The minimum atomic E-state index is -1.31. The van der Waals surface area contributed by atoms with Gasteiger partial charge in [0.05, 0.1) is 16.5 Å². The second kappa shape index (κ2) is 36.7. The van der Waals surface area contributed by atoms with Crippen LogP contribution in [0.15, 0.2) is 60.9 Å². The van der Waals surface area contributed by atoms with Crippen molar-refractivity contribution in [3.63, 3.8) is 0 Å². The van der Waals surface area contributed by atoms with Crippen molar-refractivity contribution in [2.24, 2.45) is 0 Å². The summed E-state index contributed by atoms with van der Waals surface area (Å²) in [6.07, 6.45) is 2.31. The van der Waals surface area contributed by atoms with E-state index in [1.165, 1.54) is 32.5 Å². The Bertz CT molecular complexity index is 1030. The van der Waals surface area contributed by atoms with Crippen LogP contribution in [0, 0.1) is 0 Å². The molecule has 0 rings (SSSR count). The summed E-state index contributed by atoms with van der Waals surface area (Å²) in [7, 11) is 12.2. The Morgan fingerprint density at radius 2 is 0.932 bits per heavy atom. The molecule has 0 atom stereocenters. The quantitative estimate of drug-likeness (QED) is 0.0882. The van der Waals surface area contributed by atoms with Gasteiger partial charge in [-0.15, -0.1) is 23.4 Å². The molecule has 0 aliphatic carbocycles. The Balaban J connectivity index is -0.000000143. The first-order chi connectivity index (χ1) is 26.5. The zero-order valence-corrected chi connectivity index (χ0v) is 45.9. The van der Waals surface area contributed by atoms with Gasteiger partial charge in [0.1, 0.15) is 5.67 Å². The number of ether oxygens (including phenoxy) is 1. The lowest BCUT2D eigenvalue weighted by atomic mass is 10.1. The molecule has 0 aromatic heterocycles. The van der Waals surface area contributed by atoms with Gasteiger partial charge in [-0.05, 0) is 156 Å². The standard InChI is InChI=1S/C9H18ClN.C9H18FN.C8H17NO.C8H17NS.C8H17N.C7H17N/c2*1-7(2)11(6)8(3)9(4,5)10;2*1-6-10-8(4)9(5)7(2)3;1-6-8(4)9(5)7(2)3;1-5-6-8(4)7(2)3/h2*7H,3H2,1-2,4-6H3;2*7H,4,6H2,1-3,5H3;7H,4,6H2,1-3,5H3;7H,5-6H2,1-4H3. The van der Waals surface area contributed by atoms with E-state index in [0.717, 1.165) is 28.8 Å². The predicted molar refractivity (Wildman–Crippen MR) is 273 cm³/mol. The van der Waals surface area contributed by atoms with E-state index in [2.05, 4.69) is 164 Å². The molecule has 0 aromatic rings. The maximum Gasteiger partial charge on any atom is 0.181 e. The summed E-state index contributed by atoms with van der Waals surface area (Å²) >= 11 is 7.88. The summed E-state index contributed by atoms with van der Waals surface area (Å²) in [4.78, 5) is 12.3. The summed E-state index contributed by atoms with van der Waals surface area (Å²) in [5, 5.41) is 1.16. The molecular weight excluding hydrogens is 775 g/mol. The highest BCUT2D eigenvalue weighted by Crippen LogP contribution is 2.25. The Kier molecular flexibility index (Phi) is 42.7. The molecule has 10 heteroatoms. The fourth-order valence-corrected chi connectivity index (χ4v) is 4.68. The Morgan fingerprint density at radius 1 is 0.576 bits per heavy atom. The number of allylic oxidation sites excluding steroid dienone is 3. The maximum atomic E-state index is 13.3. The lowest BCUT2D eigenvalue weighted by Gasteiger charge is -2.32. The molecule has 0 aliphatic heterocycles. The molecule has 0 radical (unpaired) electrons. The summed E-state index contributed by atoms with van der Waals surface area (Å²) < 4.78 is 18.4. The third kappa shape index (κ3) is 38.7. The van der Waals surface area contributed by atoms with Crippen LogP contribution in [-0.4, -0.2) is 137 Å². The number of halogens is 2. The van der Waals surface area contributed by atoms with Gasteiger partial charge in [-0.25, -0.2) is 4.39 Å². The van der Waals surface area contributed by atoms with Gasteiger partial charge in [-0.3, -0.25) is 0 Å². The van der Waals surface area contributed by atoms with Crippen LogP contribution in [0.4, 0.5) is 4.39 Å². The first kappa shape index (κ1) is 68.8. The second-order valence-corrected chi connectivity index (χ2v) is 19.8. The van der Waals surface area contributed by atoms with E-state index in [9.17, 15) is 4.39 Å². The van der Waals surface area contributed by atoms with Crippen LogP contribution < -0.4 is 0 Å². The van der Waals surface area contributed by atoms with Gasteiger partial charge in [0.15, 0.2) is 5.88 Å². The Hall–Kier alpha value is -1.97. The third-order valence-electron chi connectivity index (χ3n) is 9.87. The summed E-state index contributed by atoms with van der Waals surface area (Å²) in [6.45, 7) is 62.1. The van der Waals surface area contributed by atoms with Crippen LogP contribution in [0.3, 0.4) is 0 Å².